The van der Waals surface area contributed by atoms with Crippen LogP contribution in [0.2, 0.25) is 0 Å². The van der Waals surface area contributed by atoms with Crippen LogP contribution >= 0.6 is 11.3 Å². The van der Waals surface area contributed by atoms with Crippen molar-refractivity contribution in [2.24, 2.45) is 0 Å². The monoisotopic (exact) mass is 304 g/mol. The summed E-state index contributed by atoms with van der Waals surface area (Å²) in [7, 11) is 0. The van der Waals surface area contributed by atoms with E-state index in [1.165, 1.54) is 0 Å². The molecule has 0 spiro atoms. The molecule has 2 aliphatic rings. The molecule has 2 aliphatic heterocycles. The Balaban J connectivity index is 1.56. The van der Waals surface area contributed by atoms with Gasteiger partial charge < -0.3 is 14.2 Å². The molecule has 2 atom stereocenters. The lowest BCUT2D eigenvalue weighted by Gasteiger charge is -2.25. The largest absolute Gasteiger partial charge is 0.469 e. The fraction of sp³-hybridized carbons (Fsp3) is 0.500. The first-order chi connectivity index (χ1) is 10.3. The zero-order valence-corrected chi connectivity index (χ0v) is 12.5. The lowest BCUT2D eigenvalue weighted by Crippen LogP contribution is -2.39. The number of aryl methyl sites for hydroxylation is 1. The minimum absolute atomic E-state index is 0.0906. The average Bonchev–Trinajstić information content (AvgIpc) is 3.22. The van der Waals surface area contributed by atoms with Gasteiger partial charge in [0, 0.05) is 13.1 Å². The standard InChI is InChI=1S/C14H16N4O2S/c1-9-10(4-7-20-9)13(19)17-5-2-12-11(17)3-6-18(12)14-16-15-8-21-14/h4,7-8,11-12H,2-3,5-6H2,1H3/t11-,12-/m0/s1. The summed E-state index contributed by atoms with van der Waals surface area (Å²) >= 11 is 1.56. The second-order valence-corrected chi connectivity index (χ2v) is 6.33. The Hall–Kier alpha value is -1.89. The molecule has 0 N–H and O–H groups in total. The van der Waals surface area contributed by atoms with Gasteiger partial charge >= 0.3 is 0 Å². The number of nitrogens with zero attached hydrogens (tertiary/aromatic N) is 4. The van der Waals surface area contributed by atoms with Crippen LogP contribution in [0.4, 0.5) is 5.13 Å². The third kappa shape index (κ3) is 1.95. The molecule has 0 aromatic carbocycles. The molecule has 7 heteroatoms. The Labute approximate surface area is 126 Å². The van der Waals surface area contributed by atoms with E-state index in [1.54, 1.807) is 29.2 Å². The van der Waals surface area contributed by atoms with Crippen molar-refractivity contribution in [3.8, 4) is 0 Å². The van der Waals surface area contributed by atoms with Gasteiger partial charge in [0.05, 0.1) is 23.9 Å². The summed E-state index contributed by atoms with van der Waals surface area (Å²) in [4.78, 5) is 17.0. The fourth-order valence-corrected chi connectivity index (χ4v) is 4.17. The zero-order chi connectivity index (χ0) is 14.4. The maximum atomic E-state index is 12.7. The summed E-state index contributed by atoms with van der Waals surface area (Å²) in [6.45, 7) is 3.58. The molecule has 0 saturated carbocycles. The number of likely N-dealkylation sites (tertiary alicyclic amines) is 1. The van der Waals surface area contributed by atoms with Crippen LogP contribution in [0.3, 0.4) is 0 Å². The molecule has 0 aliphatic carbocycles. The van der Waals surface area contributed by atoms with Gasteiger partial charge in [-0.15, -0.1) is 10.2 Å². The SMILES string of the molecule is Cc1occc1C(=O)N1CC[C@H]2[C@@H]1CCN2c1nncs1. The Morgan fingerprint density at radius 1 is 1.38 bits per heavy atom. The molecule has 0 radical (unpaired) electrons. The minimum Gasteiger partial charge on any atom is -0.469 e. The average molecular weight is 304 g/mol. The summed E-state index contributed by atoms with van der Waals surface area (Å²) in [6.07, 6.45) is 3.57. The van der Waals surface area contributed by atoms with Crippen molar-refractivity contribution >= 4 is 22.4 Å². The number of anilines is 1. The van der Waals surface area contributed by atoms with Gasteiger partial charge in [-0.05, 0) is 25.8 Å². The van der Waals surface area contributed by atoms with E-state index < -0.39 is 0 Å². The number of carbonyl (C=O) groups is 1. The zero-order valence-electron chi connectivity index (χ0n) is 11.7. The van der Waals surface area contributed by atoms with Crippen molar-refractivity contribution in [2.75, 3.05) is 18.0 Å². The topological polar surface area (TPSA) is 62.5 Å². The van der Waals surface area contributed by atoms with E-state index in [0.717, 1.165) is 31.1 Å². The van der Waals surface area contributed by atoms with Gasteiger partial charge in [0.1, 0.15) is 11.3 Å². The van der Waals surface area contributed by atoms with E-state index in [-0.39, 0.29) is 11.9 Å². The van der Waals surface area contributed by atoms with Crippen LogP contribution in [0.25, 0.3) is 0 Å². The van der Waals surface area contributed by atoms with Crippen LogP contribution in [0.1, 0.15) is 29.0 Å². The molecule has 6 nitrogen and oxygen atoms in total. The summed E-state index contributed by atoms with van der Waals surface area (Å²) in [6, 6.07) is 2.41. The quantitative estimate of drug-likeness (QED) is 0.848. The van der Waals surface area contributed by atoms with E-state index in [2.05, 4.69) is 15.1 Å². The third-order valence-electron chi connectivity index (χ3n) is 4.52. The van der Waals surface area contributed by atoms with Crippen LogP contribution in [-0.2, 0) is 0 Å². The van der Waals surface area contributed by atoms with Crippen LogP contribution in [-0.4, -0.2) is 46.2 Å². The lowest BCUT2D eigenvalue weighted by molar-refractivity contribution is 0.0736. The van der Waals surface area contributed by atoms with Gasteiger partial charge in [-0.1, -0.05) is 11.3 Å². The van der Waals surface area contributed by atoms with E-state index >= 15 is 0 Å². The predicted octanol–water partition coefficient (Wildman–Crippen LogP) is 1.93. The Kier molecular flexibility index (Phi) is 2.95. The minimum atomic E-state index is 0.0906. The van der Waals surface area contributed by atoms with Gasteiger partial charge in [0.15, 0.2) is 0 Å². The number of carbonyl (C=O) groups excluding carboxylic acids is 1. The molecule has 0 bridgehead atoms. The molecule has 21 heavy (non-hydrogen) atoms. The lowest BCUT2D eigenvalue weighted by atomic mass is 10.1. The van der Waals surface area contributed by atoms with Crippen molar-refractivity contribution in [1.29, 1.82) is 0 Å². The highest BCUT2D eigenvalue weighted by molar-refractivity contribution is 7.13. The second kappa shape index (κ2) is 4.84. The molecule has 1 amide bonds. The van der Waals surface area contributed by atoms with Crippen molar-refractivity contribution in [3.05, 3.63) is 29.2 Å². The molecule has 110 valence electrons. The molecular formula is C14H16N4O2S. The number of fused-ring (bicyclic) bond motifs is 1. The third-order valence-corrected chi connectivity index (χ3v) is 5.25. The second-order valence-electron chi connectivity index (χ2n) is 5.52. The van der Waals surface area contributed by atoms with Crippen molar-refractivity contribution < 1.29 is 9.21 Å². The number of aromatic nitrogens is 2. The van der Waals surface area contributed by atoms with Crippen LogP contribution in [0.5, 0.6) is 0 Å². The van der Waals surface area contributed by atoms with Gasteiger partial charge in [-0.2, -0.15) is 0 Å². The highest BCUT2D eigenvalue weighted by atomic mass is 32.1. The molecule has 0 unspecified atom stereocenters. The highest BCUT2D eigenvalue weighted by Crippen LogP contribution is 2.36. The first kappa shape index (κ1) is 12.8. The smallest absolute Gasteiger partial charge is 0.257 e. The summed E-state index contributed by atoms with van der Waals surface area (Å²) in [5.74, 6) is 0.787. The number of furan rings is 1. The molecule has 4 heterocycles. The van der Waals surface area contributed by atoms with Gasteiger partial charge in [0.2, 0.25) is 5.13 Å². The number of amides is 1. The molecule has 2 aromatic rings. The predicted molar refractivity (Wildman–Crippen MR) is 78.5 cm³/mol. The van der Waals surface area contributed by atoms with Crippen LogP contribution in [0.15, 0.2) is 22.3 Å². The first-order valence-electron chi connectivity index (χ1n) is 7.13. The van der Waals surface area contributed by atoms with Gasteiger partial charge in [0.25, 0.3) is 5.91 Å². The van der Waals surface area contributed by atoms with E-state index in [9.17, 15) is 4.79 Å². The molecule has 4 rings (SSSR count). The van der Waals surface area contributed by atoms with Crippen LogP contribution in [0, 0.1) is 6.92 Å². The molecule has 2 saturated heterocycles. The molecule has 2 fully saturated rings. The van der Waals surface area contributed by atoms with Gasteiger partial charge in [-0.25, -0.2) is 0 Å². The van der Waals surface area contributed by atoms with E-state index in [0.29, 0.717) is 17.4 Å². The fourth-order valence-electron chi connectivity index (χ4n) is 3.53. The molecule has 2 aromatic heterocycles. The first-order valence-corrected chi connectivity index (χ1v) is 8.01. The summed E-state index contributed by atoms with van der Waals surface area (Å²) in [5.41, 5.74) is 2.44. The van der Waals surface area contributed by atoms with Crippen LogP contribution < -0.4 is 4.90 Å². The van der Waals surface area contributed by atoms with Crippen molar-refractivity contribution in [1.82, 2.24) is 15.1 Å². The maximum absolute atomic E-state index is 12.7. The Morgan fingerprint density at radius 2 is 2.24 bits per heavy atom. The maximum Gasteiger partial charge on any atom is 0.257 e. The van der Waals surface area contributed by atoms with E-state index in [1.807, 2.05) is 11.8 Å². The summed E-state index contributed by atoms with van der Waals surface area (Å²) in [5, 5.41) is 9.06. The van der Waals surface area contributed by atoms with Gasteiger partial charge in [-0.3, -0.25) is 4.79 Å². The van der Waals surface area contributed by atoms with Crippen molar-refractivity contribution in [2.45, 2.75) is 31.8 Å². The number of hydrogen-bond acceptors (Lipinski definition) is 6. The molecular weight excluding hydrogens is 288 g/mol. The number of rotatable bonds is 2. The number of hydrogen-bond donors (Lipinski definition) is 0. The van der Waals surface area contributed by atoms with E-state index in [4.69, 9.17) is 4.42 Å². The normalized spacial score (nSPS) is 24.6. The summed E-state index contributed by atoms with van der Waals surface area (Å²) < 4.78 is 5.26. The van der Waals surface area contributed by atoms with Crippen molar-refractivity contribution in [3.63, 3.8) is 0 Å². The Bertz CT molecular complexity index is 654. The Morgan fingerprint density at radius 3 is 2.95 bits per heavy atom. The highest BCUT2D eigenvalue weighted by Gasteiger charge is 2.45.